The van der Waals surface area contributed by atoms with E-state index in [1.54, 1.807) is 0 Å². The normalized spacial score (nSPS) is 12.8. The summed E-state index contributed by atoms with van der Waals surface area (Å²) in [4.78, 5) is 14.4. The summed E-state index contributed by atoms with van der Waals surface area (Å²) in [5, 5.41) is 1.10. The fourth-order valence-corrected chi connectivity index (χ4v) is 4.03. The molecule has 4 heteroatoms. The van der Waals surface area contributed by atoms with Gasteiger partial charge in [0.25, 0.3) is 0 Å². The molecule has 3 aromatic carbocycles. The molecule has 0 radical (unpaired) electrons. The molecular formula is C27H19N3O. The molecule has 0 N–H and O–H groups in total. The lowest BCUT2D eigenvalue weighted by Gasteiger charge is -2.08. The van der Waals surface area contributed by atoms with Crippen LogP contribution in [0.15, 0.2) is 89.4 Å². The number of aryl methyl sites for hydroxylation is 1. The van der Waals surface area contributed by atoms with Crippen molar-refractivity contribution in [3.05, 3.63) is 96.3 Å². The first kappa shape index (κ1) is 17.8. The summed E-state index contributed by atoms with van der Waals surface area (Å²) in [6.45, 7) is 0. The van der Waals surface area contributed by atoms with Gasteiger partial charge < -0.3 is 4.42 Å². The number of benzene rings is 3. The van der Waals surface area contributed by atoms with Gasteiger partial charge in [0.15, 0.2) is 17.5 Å². The summed E-state index contributed by atoms with van der Waals surface area (Å²) in [6, 6.07) is 26.2. The van der Waals surface area contributed by atoms with Gasteiger partial charge in [-0.25, -0.2) is 15.0 Å². The zero-order valence-corrected chi connectivity index (χ0v) is 16.8. The highest BCUT2D eigenvalue weighted by Crippen LogP contribution is 2.34. The maximum absolute atomic E-state index is 6.06. The van der Waals surface area contributed by atoms with Crippen molar-refractivity contribution in [3.8, 4) is 34.2 Å². The maximum Gasteiger partial charge on any atom is 0.164 e. The first-order valence-corrected chi connectivity index (χ1v) is 10.4. The predicted molar refractivity (Wildman–Crippen MR) is 123 cm³/mol. The van der Waals surface area contributed by atoms with Crippen molar-refractivity contribution in [2.45, 2.75) is 12.8 Å². The van der Waals surface area contributed by atoms with E-state index in [0.29, 0.717) is 17.5 Å². The van der Waals surface area contributed by atoms with E-state index in [0.717, 1.165) is 46.3 Å². The Hall–Kier alpha value is -4.05. The molecule has 0 fully saturated rings. The van der Waals surface area contributed by atoms with Crippen LogP contribution in [0.4, 0.5) is 0 Å². The molecule has 31 heavy (non-hydrogen) atoms. The third-order valence-corrected chi connectivity index (χ3v) is 5.58. The van der Waals surface area contributed by atoms with Crippen LogP contribution in [0.2, 0.25) is 0 Å². The van der Waals surface area contributed by atoms with Crippen LogP contribution in [-0.4, -0.2) is 15.0 Å². The van der Waals surface area contributed by atoms with Crippen molar-refractivity contribution in [2.75, 3.05) is 0 Å². The molecule has 6 rings (SSSR count). The summed E-state index contributed by atoms with van der Waals surface area (Å²) in [7, 11) is 0. The monoisotopic (exact) mass is 401 g/mol. The van der Waals surface area contributed by atoms with E-state index in [9.17, 15) is 0 Å². The topological polar surface area (TPSA) is 51.8 Å². The summed E-state index contributed by atoms with van der Waals surface area (Å²) < 4.78 is 6.06. The van der Waals surface area contributed by atoms with E-state index in [-0.39, 0.29) is 0 Å². The van der Waals surface area contributed by atoms with Gasteiger partial charge in [-0.15, -0.1) is 0 Å². The van der Waals surface area contributed by atoms with Crippen LogP contribution < -0.4 is 0 Å². The Kier molecular flexibility index (Phi) is 4.20. The summed E-state index contributed by atoms with van der Waals surface area (Å²) in [5.41, 5.74) is 4.96. The highest BCUT2D eigenvalue weighted by atomic mass is 16.3. The summed E-state index contributed by atoms with van der Waals surface area (Å²) >= 11 is 0. The van der Waals surface area contributed by atoms with E-state index in [1.165, 1.54) is 5.56 Å². The molecule has 5 aromatic rings. The number of fused-ring (bicyclic) bond motifs is 3. The molecule has 0 bridgehead atoms. The molecule has 4 nitrogen and oxygen atoms in total. The molecule has 148 valence electrons. The van der Waals surface area contributed by atoms with Crippen LogP contribution in [0, 0.1) is 0 Å². The number of nitrogens with zero attached hydrogens (tertiary/aromatic N) is 3. The van der Waals surface area contributed by atoms with Crippen LogP contribution in [0.3, 0.4) is 0 Å². The SMILES string of the molecule is C1=Cc2c(oc3ccc(-c4nc(-c5ccccc5)nc(-c5ccccc5)n4)cc23)CC1. The Morgan fingerprint density at radius 2 is 1.26 bits per heavy atom. The van der Waals surface area contributed by atoms with Crippen LogP contribution in [0.25, 0.3) is 51.2 Å². The van der Waals surface area contributed by atoms with E-state index in [1.807, 2.05) is 72.8 Å². The zero-order chi connectivity index (χ0) is 20.6. The van der Waals surface area contributed by atoms with Gasteiger partial charge in [0.05, 0.1) is 0 Å². The van der Waals surface area contributed by atoms with E-state index < -0.39 is 0 Å². The molecule has 0 unspecified atom stereocenters. The molecule has 0 saturated carbocycles. The van der Waals surface area contributed by atoms with Crippen molar-refractivity contribution in [2.24, 2.45) is 0 Å². The molecule has 0 atom stereocenters. The van der Waals surface area contributed by atoms with Crippen molar-refractivity contribution >= 4 is 17.0 Å². The molecule has 2 heterocycles. The van der Waals surface area contributed by atoms with E-state index in [4.69, 9.17) is 19.4 Å². The number of hydrogen-bond donors (Lipinski definition) is 0. The first-order chi connectivity index (χ1) is 15.3. The Labute approximate surface area is 180 Å². The lowest BCUT2D eigenvalue weighted by Crippen LogP contribution is -2.00. The largest absolute Gasteiger partial charge is 0.460 e. The molecule has 0 spiro atoms. The van der Waals surface area contributed by atoms with Gasteiger partial charge in [-0.3, -0.25) is 0 Å². The van der Waals surface area contributed by atoms with Gasteiger partial charge in [0.2, 0.25) is 0 Å². The molecule has 1 aliphatic rings. The maximum atomic E-state index is 6.06. The van der Waals surface area contributed by atoms with Gasteiger partial charge in [-0.1, -0.05) is 72.8 Å². The van der Waals surface area contributed by atoms with E-state index >= 15 is 0 Å². The number of hydrogen-bond acceptors (Lipinski definition) is 4. The zero-order valence-electron chi connectivity index (χ0n) is 16.8. The predicted octanol–water partition coefficient (Wildman–Crippen LogP) is 6.58. The average molecular weight is 401 g/mol. The fourth-order valence-electron chi connectivity index (χ4n) is 4.03. The molecule has 2 aromatic heterocycles. The van der Waals surface area contributed by atoms with Crippen LogP contribution in [-0.2, 0) is 6.42 Å². The minimum absolute atomic E-state index is 0.657. The van der Waals surface area contributed by atoms with Crippen molar-refractivity contribution in [3.63, 3.8) is 0 Å². The van der Waals surface area contributed by atoms with Gasteiger partial charge in [0.1, 0.15) is 11.3 Å². The van der Waals surface area contributed by atoms with Crippen molar-refractivity contribution in [1.82, 2.24) is 15.0 Å². The van der Waals surface area contributed by atoms with Gasteiger partial charge >= 0.3 is 0 Å². The Morgan fingerprint density at radius 1 is 0.645 bits per heavy atom. The second-order valence-electron chi connectivity index (χ2n) is 7.63. The van der Waals surface area contributed by atoms with Crippen LogP contribution in [0.5, 0.6) is 0 Å². The molecule has 0 amide bonds. The first-order valence-electron chi connectivity index (χ1n) is 10.4. The second kappa shape index (κ2) is 7.33. The Bertz CT molecular complexity index is 1360. The van der Waals surface area contributed by atoms with Crippen molar-refractivity contribution in [1.29, 1.82) is 0 Å². The van der Waals surface area contributed by atoms with Crippen LogP contribution >= 0.6 is 0 Å². The number of furan rings is 1. The average Bonchev–Trinajstić information content (AvgIpc) is 3.23. The minimum Gasteiger partial charge on any atom is -0.460 e. The third kappa shape index (κ3) is 3.22. The minimum atomic E-state index is 0.657. The lowest BCUT2D eigenvalue weighted by atomic mass is 10.0. The standard InChI is InChI=1S/C27H19N3O/c1-3-9-18(10-4-1)25-28-26(19-11-5-2-6-12-19)30-27(29-25)20-15-16-24-22(17-20)21-13-7-8-14-23(21)31-24/h1-7,9-13,15-17H,8,14H2. The fraction of sp³-hybridized carbons (Fsp3) is 0.0741. The molecular weight excluding hydrogens is 382 g/mol. The number of aromatic nitrogens is 3. The number of rotatable bonds is 3. The Morgan fingerprint density at radius 3 is 1.90 bits per heavy atom. The van der Waals surface area contributed by atoms with Crippen LogP contribution in [0.1, 0.15) is 17.7 Å². The highest BCUT2D eigenvalue weighted by molar-refractivity contribution is 5.92. The molecule has 0 saturated heterocycles. The summed E-state index contributed by atoms with van der Waals surface area (Å²) in [6.07, 6.45) is 6.33. The lowest BCUT2D eigenvalue weighted by molar-refractivity contribution is 0.546. The third-order valence-electron chi connectivity index (χ3n) is 5.58. The number of allylic oxidation sites excluding steroid dienone is 1. The molecule has 1 aliphatic carbocycles. The van der Waals surface area contributed by atoms with Gasteiger partial charge in [-0.2, -0.15) is 0 Å². The summed E-state index contributed by atoms with van der Waals surface area (Å²) in [5.74, 6) is 3.04. The smallest absolute Gasteiger partial charge is 0.164 e. The van der Waals surface area contributed by atoms with E-state index in [2.05, 4.69) is 18.2 Å². The molecule has 0 aliphatic heterocycles. The van der Waals surface area contributed by atoms with Gasteiger partial charge in [0, 0.05) is 34.1 Å². The second-order valence-corrected chi connectivity index (χ2v) is 7.63. The highest BCUT2D eigenvalue weighted by Gasteiger charge is 2.17. The van der Waals surface area contributed by atoms with Gasteiger partial charge in [-0.05, 0) is 24.6 Å². The van der Waals surface area contributed by atoms with Crippen molar-refractivity contribution < 1.29 is 4.42 Å². The quantitative estimate of drug-likeness (QED) is 0.343. The Balaban J connectivity index is 1.55.